The fourth-order valence-electron chi connectivity index (χ4n) is 2.80. The van der Waals surface area contributed by atoms with Crippen LogP contribution in [0.3, 0.4) is 0 Å². The quantitative estimate of drug-likeness (QED) is 0.857. The minimum atomic E-state index is -3.18. The molecule has 1 aliphatic heterocycles. The van der Waals surface area contributed by atoms with Crippen LogP contribution in [0.1, 0.15) is 38.2 Å². The van der Waals surface area contributed by atoms with Gasteiger partial charge in [0.25, 0.3) is 0 Å². The van der Waals surface area contributed by atoms with Gasteiger partial charge < -0.3 is 0 Å². The molecule has 1 saturated heterocycles. The molecule has 112 valence electrons. The molecule has 1 heterocycles. The molecule has 1 fully saturated rings. The molecule has 20 heavy (non-hydrogen) atoms. The van der Waals surface area contributed by atoms with E-state index in [9.17, 15) is 8.42 Å². The Bertz CT molecular complexity index is 514. The van der Waals surface area contributed by atoms with Crippen molar-refractivity contribution in [1.29, 1.82) is 0 Å². The topological polar surface area (TPSA) is 37.4 Å². The number of sulfone groups is 1. The summed E-state index contributed by atoms with van der Waals surface area (Å²) in [7, 11) is -3.18. The summed E-state index contributed by atoms with van der Waals surface area (Å²) in [5.74, 6) is 0.218. The van der Waals surface area contributed by atoms with Crippen molar-refractivity contribution < 1.29 is 8.42 Å². The SMILES string of the molecule is Cc1ccc(S(=O)(=O)CC(C)N2CCCCCC2)cc1. The van der Waals surface area contributed by atoms with Gasteiger partial charge in [0.1, 0.15) is 0 Å². The predicted molar refractivity (Wildman–Crippen MR) is 82.7 cm³/mol. The molecule has 0 N–H and O–H groups in total. The molecule has 0 radical (unpaired) electrons. The zero-order chi connectivity index (χ0) is 14.6. The van der Waals surface area contributed by atoms with Crippen molar-refractivity contribution in [3.8, 4) is 0 Å². The van der Waals surface area contributed by atoms with Gasteiger partial charge in [-0.3, -0.25) is 4.90 Å². The van der Waals surface area contributed by atoms with E-state index in [2.05, 4.69) is 4.90 Å². The summed E-state index contributed by atoms with van der Waals surface area (Å²) in [4.78, 5) is 2.78. The molecule has 1 aromatic rings. The number of hydrogen-bond donors (Lipinski definition) is 0. The first-order valence-corrected chi connectivity index (χ1v) is 9.18. The molecule has 0 amide bonds. The minimum absolute atomic E-state index is 0.0967. The first-order valence-electron chi connectivity index (χ1n) is 7.52. The third-order valence-electron chi connectivity index (χ3n) is 4.10. The van der Waals surface area contributed by atoms with Crippen molar-refractivity contribution in [1.82, 2.24) is 4.90 Å². The number of likely N-dealkylation sites (tertiary alicyclic amines) is 1. The van der Waals surface area contributed by atoms with Gasteiger partial charge in [-0.2, -0.15) is 0 Å². The second kappa shape index (κ2) is 6.72. The van der Waals surface area contributed by atoms with Crippen LogP contribution in [0.5, 0.6) is 0 Å². The molecular weight excluding hydrogens is 270 g/mol. The molecule has 3 nitrogen and oxygen atoms in total. The number of nitrogens with zero attached hydrogens (tertiary/aromatic N) is 1. The highest BCUT2D eigenvalue weighted by Crippen LogP contribution is 2.17. The van der Waals surface area contributed by atoms with Crippen LogP contribution < -0.4 is 0 Å². The summed E-state index contributed by atoms with van der Waals surface area (Å²) >= 11 is 0. The first-order chi connectivity index (χ1) is 9.49. The summed E-state index contributed by atoms with van der Waals surface area (Å²) in [6.45, 7) is 6.07. The number of hydrogen-bond acceptors (Lipinski definition) is 3. The lowest BCUT2D eigenvalue weighted by Crippen LogP contribution is -2.38. The molecule has 0 bridgehead atoms. The predicted octanol–water partition coefficient (Wildman–Crippen LogP) is 3.03. The van der Waals surface area contributed by atoms with Gasteiger partial charge in [0, 0.05) is 6.04 Å². The highest BCUT2D eigenvalue weighted by molar-refractivity contribution is 7.91. The van der Waals surface area contributed by atoms with E-state index in [1.807, 2.05) is 26.0 Å². The largest absolute Gasteiger partial charge is 0.300 e. The number of benzene rings is 1. The van der Waals surface area contributed by atoms with Crippen LogP contribution in [-0.2, 0) is 9.84 Å². The van der Waals surface area contributed by atoms with Gasteiger partial charge in [-0.25, -0.2) is 8.42 Å². The Morgan fingerprint density at radius 2 is 1.60 bits per heavy atom. The molecule has 0 aliphatic carbocycles. The van der Waals surface area contributed by atoms with Gasteiger partial charge in [-0.15, -0.1) is 0 Å². The van der Waals surface area contributed by atoms with E-state index in [-0.39, 0.29) is 11.8 Å². The maximum absolute atomic E-state index is 12.5. The second-order valence-corrected chi connectivity index (χ2v) is 7.93. The molecule has 1 atom stereocenters. The monoisotopic (exact) mass is 295 g/mol. The third kappa shape index (κ3) is 4.06. The third-order valence-corrected chi connectivity index (χ3v) is 6.02. The molecule has 1 aliphatic rings. The normalized spacial score (nSPS) is 19.5. The van der Waals surface area contributed by atoms with Crippen LogP contribution in [0.15, 0.2) is 29.2 Å². The average molecular weight is 295 g/mol. The first kappa shape index (κ1) is 15.5. The highest BCUT2D eigenvalue weighted by atomic mass is 32.2. The lowest BCUT2D eigenvalue weighted by Gasteiger charge is -2.27. The van der Waals surface area contributed by atoms with Crippen molar-refractivity contribution in [3.63, 3.8) is 0 Å². The molecule has 0 aromatic heterocycles. The smallest absolute Gasteiger partial charge is 0.179 e. The van der Waals surface area contributed by atoms with Gasteiger partial charge in [0.15, 0.2) is 9.84 Å². The lowest BCUT2D eigenvalue weighted by atomic mass is 10.2. The Kier molecular flexibility index (Phi) is 5.22. The van der Waals surface area contributed by atoms with Crippen molar-refractivity contribution in [3.05, 3.63) is 29.8 Å². The summed E-state index contributed by atoms with van der Waals surface area (Å²) in [6, 6.07) is 7.27. The van der Waals surface area contributed by atoms with Gasteiger partial charge in [0.2, 0.25) is 0 Å². The van der Waals surface area contributed by atoms with Crippen molar-refractivity contribution in [2.45, 2.75) is 50.5 Å². The van der Waals surface area contributed by atoms with Crippen LogP contribution in [0.2, 0.25) is 0 Å². The Morgan fingerprint density at radius 3 is 2.15 bits per heavy atom. The average Bonchev–Trinajstić information content (AvgIpc) is 2.67. The molecule has 2 rings (SSSR count). The van der Waals surface area contributed by atoms with Gasteiger partial charge in [-0.1, -0.05) is 30.5 Å². The maximum Gasteiger partial charge on any atom is 0.179 e. The van der Waals surface area contributed by atoms with E-state index in [1.165, 1.54) is 25.7 Å². The van der Waals surface area contributed by atoms with Crippen LogP contribution in [0, 0.1) is 6.92 Å². The summed E-state index contributed by atoms with van der Waals surface area (Å²) in [6.07, 6.45) is 4.92. The Morgan fingerprint density at radius 1 is 1.05 bits per heavy atom. The maximum atomic E-state index is 12.5. The van der Waals surface area contributed by atoms with Gasteiger partial charge in [-0.05, 0) is 51.9 Å². The lowest BCUT2D eigenvalue weighted by molar-refractivity contribution is 0.232. The molecular formula is C16H25NO2S. The van der Waals surface area contributed by atoms with Crippen LogP contribution in [0.25, 0.3) is 0 Å². The van der Waals surface area contributed by atoms with E-state index >= 15 is 0 Å². The standard InChI is InChI=1S/C16H25NO2S/c1-14-7-9-16(10-8-14)20(18,19)13-15(2)17-11-5-3-4-6-12-17/h7-10,15H,3-6,11-13H2,1-2H3. The van der Waals surface area contributed by atoms with Crippen LogP contribution in [-0.4, -0.2) is 38.2 Å². The van der Waals surface area contributed by atoms with Crippen molar-refractivity contribution in [2.75, 3.05) is 18.8 Å². The van der Waals surface area contributed by atoms with E-state index < -0.39 is 9.84 Å². The van der Waals surface area contributed by atoms with Crippen LogP contribution >= 0.6 is 0 Å². The molecule has 0 saturated carbocycles. The fraction of sp³-hybridized carbons (Fsp3) is 0.625. The minimum Gasteiger partial charge on any atom is -0.300 e. The van der Waals surface area contributed by atoms with Crippen LogP contribution in [0.4, 0.5) is 0 Å². The Balaban J connectivity index is 2.05. The fourth-order valence-corrected chi connectivity index (χ4v) is 4.39. The Hall–Kier alpha value is -0.870. The summed E-state index contributed by atoms with van der Waals surface area (Å²) in [5.41, 5.74) is 1.09. The van der Waals surface area contributed by atoms with E-state index in [0.29, 0.717) is 4.90 Å². The van der Waals surface area contributed by atoms with Crippen molar-refractivity contribution >= 4 is 9.84 Å². The van der Waals surface area contributed by atoms with Gasteiger partial charge in [0.05, 0.1) is 10.6 Å². The Labute approximate surface area is 122 Å². The van der Waals surface area contributed by atoms with Crippen molar-refractivity contribution in [2.24, 2.45) is 0 Å². The zero-order valence-corrected chi connectivity index (χ0v) is 13.3. The molecule has 1 aromatic carbocycles. The van der Waals surface area contributed by atoms with Gasteiger partial charge >= 0.3 is 0 Å². The number of aryl methyl sites for hydroxylation is 1. The highest BCUT2D eigenvalue weighted by Gasteiger charge is 2.23. The van der Waals surface area contributed by atoms with E-state index in [4.69, 9.17) is 0 Å². The zero-order valence-electron chi connectivity index (χ0n) is 12.5. The van der Waals surface area contributed by atoms with E-state index in [1.54, 1.807) is 12.1 Å². The molecule has 1 unspecified atom stereocenters. The van der Waals surface area contributed by atoms with E-state index in [0.717, 1.165) is 18.7 Å². The molecule has 4 heteroatoms. The second-order valence-electron chi connectivity index (χ2n) is 5.89. The molecule has 0 spiro atoms. The number of rotatable bonds is 4. The summed E-state index contributed by atoms with van der Waals surface area (Å²) < 4.78 is 24.9. The summed E-state index contributed by atoms with van der Waals surface area (Å²) in [5, 5.41) is 0.